The van der Waals surface area contributed by atoms with Gasteiger partial charge in [-0.15, -0.1) is 0 Å². The van der Waals surface area contributed by atoms with Crippen LogP contribution in [0.5, 0.6) is 5.75 Å². The van der Waals surface area contributed by atoms with E-state index >= 15 is 0 Å². The molecule has 3 rings (SSSR count). The largest absolute Gasteiger partial charge is 0.493 e. The maximum absolute atomic E-state index is 9.58. The Morgan fingerprint density at radius 3 is 2.43 bits per heavy atom. The second-order valence-electron chi connectivity index (χ2n) is 6.58. The molecule has 0 radical (unpaired) electrons. The Balaban J connectivity index is 2.17. The van der Waals surface area contributed by atoms with Gasteiger partial charge in [-0.05, 0) is 36.6 Å². The molecule has 0 atom stereocenters. The first-order valence-corrected chi connectivity index (χ1v) is 9.20. The fourth-order valence-electron chi connectivity index (χ4n) is 2.89. The summed E-state index contributed by atoms with van der Waals surface area (Å²) in [6.07, 6.45) is 1.95. The van der Waals surface area contributed by atoms with Crippen molar-refractivity contribution in [3.8, 4) is 34.2 Å². The van der Waals surface area contributed by atoms with Crippen LogP contribution in [0.1, 0.15) is 30.9 Å². The van der Waals surface area contributed by atoms with Crippen LogP contribution in [0.25, 0.3) is 22.4 Å². The van der Waals surface area contributed by atoms with E-state index in [4.69, 9.17) is 16.2 Å². The molecule has 142 valence electrons. The fourth-order valence-corrected chi connectivity index (χ4v) is 2.89. The minimum atomic E-state index is 0.0201. The summed E-state index contributed by atoms with van der Waals surface area (Å²) >= 11 is 0. The van der Waals surface area contributed by atoms with E-state index in [-0.39, 0.29) is 17.3 Å². The van der Waals surface area contributed by atoms with Gasteiger partial charge >= 0.3 is 0 Å². The number of rotatable bonds is 6. The van der Waals surface area contributed by atoms with Crippen LogP contribution < -0.4 is 16.2 Å². The number of ether oxygens (including phenoxy) is 1. The van der Waals surface area contributed by atoms with Crippen molar-refractivity contribution < 1.29 is 4.74 Å². The van der Waals surface area contributed by atoms with E-state index < -0.39 is 0 Å². The van der Waals surface area contributed by atoms with Crippen LogP contribution >= 0.6 is 0 Å². The lowest BCUT2D eigenvalue weighted by atomic mass is 9.98. The lowest BCUT2D eigenvalue weighted by Gasteiger charge is -2.15. The summed E-state index contributed by atoms with van der Waals surface area (Å²) in [6.45, 7) is 4.72. The third-order valence-electron chi connectivity index (χ3n) is 4.44. The van der Waals surface area contributed by atoms with Gasteiger partial charge in [-0.3, -0.25) is 0 Å². The number of hydrogen-bond donors (Lipinski definition) is 2. The molecular weight excluding hydrogens is 350 g/mol. The molecule has 2 aromatic carbocycles. The molecule has 0 saturated carbocycles. The zero-order valence-corrected chi connectivity index (χ0v) is 16.1. The quantitative estimate of drug-likeness (QED) is 0.622. The molecule has 0 spiro atoms. The van der Waals surface area contributed by atoms with E-state index in [0.29, 0.717) is 23.6 Å². The summed E-state index contributed by atoms with van der Waals surface area (Å²) in [5.74, 6) is 0.718. The predicted molar refractivity (Wildman–Crippen MR) is 112 cm³/mol. The molecule has 0 amide bonds. The number of nitrogens with zero attached hydrogens (tertiary/aromatic N) is 3. The van der Waals surface area contributed by atoms with Crippen molar-refractivity contribution in [2.75, 3.05) is 18.1 Å². The van der Waals surface area contributed by atoms with Crippen LogP contribution in [0.3, 0.4) is 0 Å². The van der Waals surface area contributed by atoms with E-state index in [9.17, 15) is 5.26 Å². The number of aromatic nitrogens is 2. The lowest BCUT2D eigenvalue weighted by Crippen LogP contribution is -2.06. The average Bonchev–Trinajstić information content (AvgIpc) is 2.68. The smallest absolute Gasteiger partial charge is 0.222 e. The van der Waals surface area contributed by atoms with Crippen LogP contribution in [0, 0.1) is 18.3 Å². The maximum Gasteiger partial charge on any atom is 0.222 e. The second-order valence-corrected chi connectivity index (χ2v) is 6.58. The molecule has 6 heteroatoms. The molecule has 0 aliphatic rings. The monoisotopic (exact) mass is 373 g/mol. The van der Waals surface area contributed by atoms with Crippen molar-refractivity contribution in [2.24, 2.45) is 0 Å². The third kappa shape index (κ3) is 4.04. The number of nitrogen functional groups attached to an aromatic ring is 2. The Morgan fingerprint density at radius 2 is 1.75 bits per heavy atom. The van der Waals surface area contributed by atoms with Gasteiger partial charge in [-0.2, -0.15) is 10.2 Å². The Kier molecular flexibility index (Phi) is 5.75. The SMILES string of the molecule is CCCCOc1ccc(-c2ccc(C)cc2)cc1-c1nc(N)nc(N)c1C#N. The topological polar surface area (TPSA) is 111 Å². The first-order chi connectivity index (χ1) is 13.5. The van der Waals surface area contributed by atoms with Gasteiger partial charge in [0.05, 0.1) is 12.3 Å². The molecule has 28 heavy (non-hydrogen) atoms. The highest BCUT2D eigenvalue weighted by atomic mass is 16.5. The van der Waals surface area contributed by atoms with Crippen molar-refractivity contribution in [2.45, 2.75) is 26.7 Å². The molecular formula is C22H23N5O. The Bertz CT molecular complexity index is 1020. The van der Waals surface area contributed by atoms with Crippen LogP contribution in [0.15, 0.2) is 42.5 Å². The van der Waals surface area contributed by atoms with Gasteiger partial charge in [0, 0.05) is 5.56 Å². The molecule has 3 aromatic rings. The Hall–Kier alpha value is -3.59. The number of nitriles is 1. The minimum absolute atomic E-state index is 0.0201. The molecule has 1 heterocycles. The van der Waals surface area contributed by atoms with Crippen LogP contribution in [0.4, 0.5) is 11.8 Å². The zero-order valence-electron chi connectivity index (χ0n) is 16.1. The van der Waals surface area contributed by atoms with Crippen LogP contribution in [0.2, 0.25) is 0 Å². The molecule has 0 unspecified atom stereocenters. The third-order valence-corrected chi connectivity index (χ3v) is 4.44. The van der Waals surface area contributed by atoms with Crippen molar-refractivity contribution in [1.82, 2.24) is 9.97 Å². The molecule has 1 aromatic heterocycles. The second kappa shape index (κ2) is 8.40. The molecule has 0 aliphatic heterocycles. The van der Waals surface area contributed by atoms with E-state index in [1.807, 2.05) is 25.1 Å². The number of nitrogens with two attached hydrogens (primary N) is 2. The highest BCUT2D eigenvalue weighted by molar-refractivity contribution is 5.81. The highest BCUT2D eigenvalue weighted by Crippen LogP contribution is 2.36. The van der Waals surface area contributed by atoms with E-state index in [2.05, 4.69) is 47.2 Å². The van der Waals surface area contributed by atoms with Gasteiger partial charge in [-0.25, -0.2) is 4.98 Å². The Morgan fingerprint density at radius 1 is 1.04 bits per heavy atom. The van der Waals surface area contributed by atoms with E-state index in [1.165, 1.54) is 5.56 Å². The minimum Gasteiger partial charge on any atom is -0.493 e. The molecule has 4 N–H and O–H groups in total. The van der Waals surface area contributed by atoms with Gasteiger partial charge in [0.25, 0.3) is 0 Å². The average molecular weight is 373 g/mol. The van der Waals surface area contributed by atoms with Gasteiger partial charge in [0.2, 0.25) is 5.95 Å². The molecule has 0 aliphatic carbocycles. The van der Waals surface area contributed by atoms with E-state index in [1.54, 1.807) is 0 Å². The van der Waals surface area contributed by atoms with E-state index in [0.717, 1.165) is 24.0 Å². The summed E-state index contributed by atoms with van der Waals surface area (Å²) in [5.41, 5.74) is 16.2. The van der Waals surface area contributed by atoms with Gasteiger partial charge in [0.1, 0.15) is 23.2 Å². The number of hydrogen-bond acceptors (Lipinski definition) is 6. The fraction of sp³-hybridized carbons (Fsp3) is 0.227. The van der Waals surface area contributed by atoms with Crippen molar-refractivity contribution in [3.05, 3.63) is 53.6 Å². The number of unbranched alkanes of at least 4 members (excludes halogenated alkanes) is 1. The molecule has 0 saturated heterocycles. The lowest BCUT2D eigenvalue weighted by molar-refractivity contribution is 0.310. The summed E-state index contributed by atoms with van der Waals surface area (Å²) < 4.78 is 5.97. The van der Waals surface area contributed by atoms with Gasteiger partial charge < -0.3 is 16.2 Å². The van der Waals surface area contributed by atoms with Crippen molar-refractivity contribution >= 4 is 11.8 Å². The van der Waals surface area contributed by atoms with Gasteiger partial charge in [0.15, 0.2) is 0 Å². The summed E-state index contributed by atoms with van der Waals surface area (Å²) in [7, 11) is 0. The van der Waals surface area contributed by atoms with Gasteiger partial charge in [-0.1, -0.05) is 49.2 Å². The normalized spacial score (nSPS) is 10.5. The molecule has 0 fully saturated rings. The first-order valence-electron chi connectivity index (χ1n) is 9.20. The standard InChI is InChI=1S/C22H23N5O/c1-3-4-11-28-19-10-9-16(15-7-5-14(2)6-8-15)12-17(19)20-18(13-23)21(24)27-22(25)26-20/h5-10,12H,3-4,11H2,1-2H3,(H4,24,25,26,27). The van der Waals surface area contributed by atoms with Crippen molar-refractivity contribution in [3.63, 3.8) is 0 Å². The molecule has 6 nitrogen and oxygen atoms in total. The van der Waals surface area contributed by atoms with Crippen LogP contribution in [-0.2, 0) is 0 Å². The zero-order chi connectivity index (χ0) is 20.1. The van der Waals surface area contributed by atoms with Crippen LogP contribution in [-0.4, -0.2) is 16.6 Å². The molecule has 0 bridgehead atoms. The first kappa shape index (κ1) is 19.2. The van der Waals surface area contributed by atoms with Crippen molar-refractivity contribution in [1.29, 1.82) is 5.26 Å². The summed E-state index contributed by atoms with van der Waals surface area (Å²) in [5, 5.41) is 9.58. The summed E-state index contributed by atoms with van der Waals surface area (Å²) in [6, 6.07) is 16.2. The number of aryl methyl sites for hydroxylation is 1. The Labute approximate surface area is 164 Å². The highest BCUT2D eigenvalue weighted by Gasteiger charge is 2.18. The summed E-state index contributed by atoms with van der Waals surface area (Å²) in [4.78, 5) is 8.20. The maximum atomic E-state index is 9.58. The number of benzene rings is 2. The predicted octanol–water partition coefficient (Wildman–Crippen LogP) is 4.33. The number of anilines is 2.